The minimum atomic E-state index is 0.0750. The zero-order valence-electron chi connectivity index (χ0n) is 30.3. The first kappa shape index (κ1) is 32.1. The minimum absolute atomic E-state index is 0.0750. The number of aromatic nitrogens is 3. The number of nitrogens with zero attached hydrogens (tertiary/aromatic N) is 4. The molecule has 2 aliphatic rings. The summed E-state index contributed by atoms with van der Waals surface area (Å²) in [6.45, 7) is 0. The van der Waals surface area contributed by atoms with Gasteiger partial charge in [0.1, 0.15) is 11.3 Å². The molecule has 0 amide bonds. The van der Waals surface area contributed by atoms with Crippen molar-refractivity contribution in [2.24, 2.45) is 0 Å². The Morgan fingerprint density at radius 2 is 0.982 bits per heavy atom. The topological polar surface area (TPSA) is 55.1 Å². The summed E-state index contributed by atoms with van der Waals surface area (Å²) in [5, 5.41) is 1.07. The molecule has 1 aliphatic heterocycles. The molecule has 0 fully saturated rings. The van der Waals surface area contributed by atoms with E-state index in [1.807, 2.05) is 36.4 Å². The number of hydrogen-bond acceptors (Lipinski definition) is 5. The molecule has 2 unspecified atom stereocenters. The van der Waals surface area contributed by atoms with Gasteiger partial charge in [0.15, 0.2) is 17.5 Å². The Morgan fingerprint density at radius 1 is 0.446 bits per heavy atom. The molecule has 7 aromatic carbocycles. The van der Waals surface area contributed by atoms with Crippen molar-refractivity contribution in [3.8, 4) is 56.4 Å². The van der Waals surface area contributed by atoms with Crippen molar-refractivity contribution in [1.29, 1.82) is 0 Å². The predicted molar refractivity (Wildman–Crippen MR) is 226 cm³/mol. The van der Waals surface area contributed by atoms with Gasteiger partial charge in [0.2, 0.25) is 0 Å². The molecule has 0 spiro atoms. The summed E-state index contributed by atoms with van der Waals surface area (Å²) < 4.78 is 6.59. The Kier molecular flexibility index (Phi) is 7.56. The number of benzene rings is 7. The Morgan fingerprint density at radius 3 is 1.70 bits per heavy atom. The fourth-order valence-electron chi connectivity index (χ4n) is 8.47. The van der Waals surface area contributed by atoms with Crippen molar-refractivity contribution >= 4 is 28.4 Å². The predicted octanol–water partition coefficient (Wildman–Crippen LogP) is 12.6. The molecule has 56 heavy (non-hydrogen) atoms. The second-order valence-electron chi connectivity index (χ2n) is 14.4. The fraction of sp³-hybridized carbons (Fsp3) is 0.0392. The zero-order chi connectivity index (χ0) is 37.0. The first-order valence-corrected chi connectivity index (χ1v) is 19.0. The summed E-state index contributed by atoms with van der Waals surface area (Å²) in [4.78, 5) is 17.7. The number of hydrogen-bond donors (Lipinski definition) is 0. The molecule has 9 aromatic rings. The maximum Gasteiger partial charge on any atom is 0.164 e. The van der Waals surface area contributed by atoms with Crippen molar-refractivity contribution in [3.63, 3.8) is 0 Å². The maximum absolute atomic E-state index is 6.59. The van der Waals surface area contributed by atoms with Gasteiger partial charge < -0.3 is 9.32 Å². The molecule has 5 heteroatoms. The van der Waals surface area contributed by atoms with Gasteiger partial charge in [-0.1, -0.05) is 146 Å². The smallest absolute Gasteiger partial charge is 0.164 e. The van der Waals surface area contributed by atoms with Crippen LogP contribution in [0.1, 0.15) is 22.8 Å². The summed E-state index contributed by atoms with van der Waals surface area (Å²) in [5.41, 5.74) is 13.1. The highest BCUT2D eigenvalue weighted by atomic mass is 16.3. The van der Waals surface area contributed by atoms with Gasteiger partial charge in [0.05, 0.1) is 6.04 Å². The van der Waals surface area contributed by atoms with Gasteiger partial charge in [-0.15, -0.1) is 0 Å². The first-order chi connectivity index (χ1) is 27.7. The molecular weight excluding hydrogens is 685 g/mol. The third-order valence-corrected chi connectivity index (χ3v) is 11.1. The quantitative estimate of drug-likeness (QED) is 0.171. The molecular formula is C51H34N4O. The highest BCUT2D eigenvalue weighted by Gasteiger charge is 2.43. The Balaban J connectivity index is 1.02. The van der Waals surface area contributed by atoms with Crippen LogP contribution < -0.4 is 4.90 Å². The van der Waals surface area contributed by atoms with Crippen LogP contribution in [-0.2, 0) is 0 Å². The number of furan rings is 1. The third-order valence-electron chi connectivity index (χ3n) is 11.1. The van der Waals surface area contributed by atoms with Crippen LogP contribution in [0.25, 0.3) is 73.5 Å². The normalized spacial score (nSPS) is 15.4. The van der Waals surface area contributed by atoms with E-state index in [-0.39, 0.29) is 12.0 Å². The highest BCUT2D eigenvalue weighted by molar-refractivity contribution is 5.93. The van der Waals surface area contributed by atoms with Gasteiger partial charge in [0, 0.05) is 44.9 Å². The molecule has 0 saturated heterocycles. The van der Waals surface area contributed by atoms with Crippen LogP contribution >= 0.6 is 0 Å². The summed E-state index contributed by atoms with van der Waals surface area (Å²) in [5.74, 6) is 2.85. The molecule has 0 bridgehead atoms. The van der Waals surface area contributed by atoms with Gasteiger partial charge >= 0.3 is 0 Å². The first-order valence-electron chi connectivity index (χ1n) is 19.0. The van der Waals surface area contributed by atoms with Crippen molar-refractivity contribution < 1.29 is 4.42 Å². The summed E-state index contributed by atoms with van der Waals surface area (Å²) in [6.07, 6.45) is 4.46. The zero-order valence-corrected chi connectivity index (χ0v) is 30.3. The molecule has 264 valence electrons. The third kappa shape index (κ3) is 5.44. The molecule has 2 atom stereocenters. The van der Waals surface area contributed by atoms with Gasteiger partial charge in [-0.25, -0.2) is 15.0 Å². The number of para-hydroxylation sites is 1. The molecule has 1 aliphatic carbocycles. The lowest BCUT2D eigenvalue weighted by molar-refractivity contribution is 0.584. The van der Waals surface area contributed by atoms with Crippen molar-refractivity contribution in [2.75, 3.05) is 4.90 Å². The van der Waals surface area contributed by atoms with Crippen molar-refractivity contribution in [3.05, 3.63) is 205 Å². The number of anilines is 2. The van der Waals surface area contributed by atoms with E-state index in [4.69, 9.17) is 19.4 Å². The monoisotopic (exact) mass is 718 g/mol. The molecule has 0 radical (unpaired) electrons. The van der Waals surface area contributed by atoms with E-state index in [1.54, 1.807) is 0 Å². The summed E-state index contributed by atoms with van der Waals surface area (Å²) in [6, 6.07) is 63.6. The van der Waals surface area contributed by atoms with E-state index in [1.165, 1.54) is 27.9 Å². The van der Waals surface area contributed by atoms with E-state index in [0.717, 1.165) is 50.2 Å². The van der Waals surface area contributed by atoms with Gasteiger partial charge in [0.25, 0.3) is 0 Å². The van der Waals surface area contributed by atoms with E-state index >= 15 is 0 Å². The molecule has 0 N–H and O–H groups in total. The van der Waals surface area contributed by atoms with Crippen LogP contribution in [0.15, 0.2) is 192 Å². The number of fused-ring (bicyclic) bond motifs is 7. The van der Waals surface area contributed by atoms with E-state index < -0.39 is 0 Å². The molecule has 0 saturated carbocycles. The lowest BCUT2D eigenvalue weighted by Crippen LogP contribution is -2.30. The van der Waals surface area contributed by atoms with E-state index in [0.29, 0.717) is 17.5 Å². The van der Waals surface area contributed by atoms with Crippen LogP contribution in [-0.4, -0.2) is 21.0 Å². The van der Waals surface area contributed by atoms with Crippen LogP contribution in [0.4, 0.5) is 11.4 Å². The average Bonchev–Trinajstić information content (AvgIpc) is 3.82. The van der Waals surface area contributed by atoms with Crippen LogP contribution in [0.5, 0.6) is 0 Å². The van der Waals surface area contributed by atoms with Crippen molar-refractivity contribution in [2.45, 2.75) is 12.0 Å². The van der Waals surface area contributed by atoms with Crippen LogP contribution in [0.2, 0.25) is 0 Å². The largest absolute Gasteiger partial charge is 0.456 e. The Bertz CT molecular complexity index is 2920. The average molecular weight is 719 g/mol. The standard InChI is InChI=1S/C51H34N4O/c1-4-13-33(14-5-1)35-23-26-40(27-24-35)55-43-22-11-10-21-41(43)47-44(55)28-30-46-48(47)42-32-39(25-29-45(42)56-46)51-53-49(36-17-8-3-9-18-36)52-50(54-51)38-20-12-19-37(31-38)34-15-6-2-7-16-34/h1-32,44,47H. The van der Waals surface area contributed by atoms with Gasteiger partial charge in [-0.2, -0.15) is 0 Å². The summed E-state index contributed by atoms with van der Waals surface area (Å²) >= 11 is 0. The molecule has 3 heterocycles. The Labute approximate surface area is 324 Å². The SMILES string of the molecule is C1=CC2C(c3ccccc3N2c2ccc(-c3ccccc3)cc2)c2c1oc1ccc(-c3nc(-c4ccccc4)nc(-c4cccc(-c5ccccc5)c4)n3)cc21. The molecule has 5 nitrogen and oxygen atoms in total. The molecule has 2 aromatic heterocycles. The van der Waals surface area contributed by atoms with E-state index in [9.17, 15) is 0 Å². The van der Waals surface area contributed by atoms with Crippen LogP contribution in [0, 0.1) is 0 Å². The van der Waals surface area contributed by atoms with Gasteiger partial charge in [-0.3, -0.25) is 0 Å². The minimum Gasteiger partial charge on any atom is -0.456 e. The molecule has 11 rings (SSSR count). The second kappa shape index (κ2) is 13.2. The second-order valence-corrected chi connectivity index (χ2v) is 14.4. The van der Waals surface area contributed by atoms with Crippen molar-refractivity contribution in [1.82, 2.24) is 15.0 Å². The fourth-order valence-corrected chi connectivity index (χ4v) is 8.47. The lowest BCUT2D eigenvalue weighted by atomic mass is 9.82. The lowest BCUT2D eigenvalue weighted by Gasteiger charge is -2.30. The highest BCUT2D eigenvalue weighted by Crippen LogP contribution is 2.53. The summed E-state index contributed by atoms with van der Waals surface area (Å²) in [7, 11) is 0. The maximum atomic E-state index is 6.59. The van der Waals surface area contributed by atoms with Gasteiger partial charge in [-0.05, 0) is 76.4 Å². The van der Waals surface area contributed by atoms with E-state index in [2.05, 4.69) is 163 Å². The van der Waals surface area contributed by atoms with Crippen LogP contribution in [0.3, 0.4) is 0 Å². The Hall–Kier alpha value is -7.37. The number of rotatable bonds is 6.